The molecular weight excluding hydrogens is 136 g/mol. The minimum absolute atomic E-state index is 1.01. The molecule has 0 fully saturated rings. The smallest absolute Gasteiger partial charge is 0.115 e. The lowest BCUT2D eigenvalue weighted by Crippen LogP contribution is -1.82. The molecule has 0 bridgehead atoms. The van der Waals surface area contributed by atoms with E-state index < -0.39 is 0 Å². The first-order chi connectivity index (χ1) is 5.47. The quantitative estimate of drug-likeness (QED) is 0.556. The molecule has 0 spiro atoms. The van der Waals surface area contributed by atoms with E-state index >= 15 is 0 Å². The second-order valence-electron chi connectivity index (χ2n) is 2.21. The van der Waals surface area contributed by atoms with E-state index in [1.54, 1.807) is 12.4 Å². The van der Waals surface area contributed by atoms with Gasteiger partial charge in [-0.3, -0.25) is 0 Å². The molecule has 0 atom stereocenters. The molecule has 52 valence electrons. The van der Waals surface area contributed by atoms with Gasteiger partial charge in [0.2, 0.25) is 0 Å². The molecule has 0 N–H and O–H groups in total. The molecule has 1 heterocycles. The number of aromatic nitrogens is 2. The van der Waals surface area contributed by atoms with Crippen molar-refractivity contribution in [1.82, 2.24) is 9.97 Å². The lowest BCUT2D eigenvalue weighted by molar-refractivity contribution is 1.15. The molecule has 0 amide bonds. The van der Waals surface area contributed by atoms with Crippen molar-refractivity contribution >= 4 is 5.57 Å². The second kappa shape index (κ2) is 2.52. The molecule has 2 nitrogen and oxygen atoms in total. The van der Waals surface area contributed by atoms with Gasteiger partial charge in [-0.1, -0.05) is 6.08 Å². The van der Waals surface area contributed by atoms with Crippen LogP contribution in [0, 0.1) is 0 Å². The Morgan fingerprint density at radius 3 is 2.64 bits per heavy atom. The molecule has 2 heteroatoms. The van der Waals surface area contributed by atoms with Gasteiger partial charge in [0.1, 0.15) is 6.33 Å². The first-order valence-electron chi connectivity index (χ1n) is 3.35. The molecule has 0 aliphatic heterocycles. The zero-order valence-electron chi connectivity index (χ0n) is 5.86. The predicted octanol–water partition coefficient (Wildman–Crippen LogP) is 1.58. The third-order valence-corrected chi connectivity index (χ3v) is 1.47. The van der Waals surface area contributed by atoms with Crippen molar-refractivity contribution in [2.45, 2.75) is 0 Å². The van der Waals surface area contributed by atoms with Crippen LogP contribution in [0.5, 0.6) is 0 Å². The van der Waals surface area contributed by atoms with Gasteiger partial charge in [0.25, 0.3) is 0 Å². The Bertz CT molecular complexity index is 343. The fraction of sp³-hybridized carbons (Fsp3) is 0. The maximum Gasteiger partial charge on any atom is 0.115 e. The van der Waals surface area contributed by atoms with Gasteiger partial charge >= 0.3 is 0 Å². The van der Waals surface area contributed by atoms with Gasteiger partial charge in [-0.25, -0.2) is 9.97 Å². The average Bonchev–Trinajstić information content (AvgIpc) is 2.58. The van der Waals surface area contributed by atoms with Gasteiger partial charge in [0, 0.05) is 23.5 Å². The monoisotopic (exact) mass is 142 g/mol. The van der Waals surface area contributed by atoms with Crippen LogP contribution in [0.2, 0.25) is 0 Å². The van der Waals surface area contributed by atoms with E-state index in [1.165, 1.54) is 6.33 Å². The van der Waals surface area contributed by atoms with E-state index in [1.807, 2.05) is 18.2 Å². The van der Waals surface area contributed by atoms with E-state index in [0.717, 1.165) is 11.1 Å². The number of nitrogens with zero attached hydrogens (tertiary/aromatic N) is 2. The molecular formula is C9H6N2. The maximum atomic E-state index is 3.91. The molecule has 2 rings (SSSR count). The van der Waals surface area contributed by atoms with E-state index in [-0.39, 0.29) is 0 Å². The first-order valence-corrected chi connectivity index (χ1v) is 3.35. The van der Waals surface area contributed by atoms with Crippen LogP contribution < -0.4 is 0 Å². The van der Waals surface area contributed by atoms with Crippen LogP contribution in [0.15, 0.2) is 42.7 Å². The SMILES string of the molecule is C1=CC=CC=1c1cncnc1. The summed E-state index contributed by atoms with van der Waals surface area (Å²) in [7, 11) is 0. The molecule has 0 aromatic carbocycles. The van der Waals surface area contributed by atoms with Crippen LogP contribution in [-0.2, 0) is 0 Å². The zero-order valence-corrected chi connectivity index (χ0v) is 5.86. The fourth-order valence-corrected chi connectivity index (χ4v) is 0.948. The fourth-order valence-electron chi connectivity index (χ4n) is 0.948. The summed E-state index contributed by atoms with van der Waals surface area (Å²) in [6.45, 7) is 0. The molecule has 0 saturated carbocycles. The Morgan fingerprint density at radius 2 is 2.00 bits per heavy atom. The normalized spacial score (nSPS) is 13.6. The number of hydrogen-bond acceptors (Lipinski definition) is 2. The Hall–Kier alpha value is -1.66. The summed E-state index contributed by atoms with van der Waals surface area (Å²) in [5.74, 6) is 0. The summed E-state index contributed by atoms with van der Waals surface area (Å²) < 4.78 is 0. The summed E-state index contributed by atoms with van der Waals surface area (Å²) >= 11 is 0. The number of allylic oxidation sites excluding steroid dienone is 3. The van der Waals surface area contributed by atoms with Crippen LogP contribution >= 0.6 is 0 Å². The van der Waals surface area contributed by atoms with Gasteiger partial charge in [0.05, 0.1) is 0 Å². The van der Waals surface area contributed by atoms with Crippen molar-refractivity contribution in [1.29, 1.82) is 0 Å². The van der Waals surface area contributed by atoms with Crippen LogP contribution in [0.1, 0.15) is 5.56 Å². The van der Waals surface area contributed by atoms with Crippen molar-refractivity contribution in [3.63, 3.8) is 0 Å². The number of hydrogen-bond donors (Lipinski definition) is 0. The summed E-state index contributed by atoms with van der Waals surface area (Å²) in [6, 6.07) is 0. The van der Waals surface area contributed by atoms with E-state index in [2.05, 4.69) is 15.7 Å². The molecule has 1 aliphatic rings. The Labute approximate surface area is 64.6 Å². The highest BCUT2D eigenvalue weighted by atomic mass is 14.8. The maximum absolute atomic E-state index is 3.91. The van der Waals surface area contributed by atoms with E-state index in [4.69, 9.17) is 0 Å². The van der Waals surface area contributed by atoms with Crippen molar-refractivity contribution in [3.8, 4) is 0 Å². The van der Waals surface area contributed by atoms with Gasteiger partial charge in [-0.2, -0.15) is 0 Å². The lowest BCUT2D eigenvalue weighted by atomic mass is 10.2. The molecule has 11 heavy (non-hydrogen) atoms. The van der Waals surface area contributed by atoms with Crippen molar-refractivity contribution in [2.75, 3.05) is 0 Å². The van der Waals surface area contributed by atoms with Crippen LogP contribution in [-0.4, -0.2) is 9.97 Å². The summed E-state index contributed by atoms with van der Waals surface area (Å²) in [4.78, 5) is 7.82. The van der Waals surface area contributed by atoms with Crippen LogP contribution in [0.3, 0.4) is 0 Å². The van der Waals surface area contributed by atoms with Gasteiger partial charge < -0.3 is 0 Å². The van der Waals surface area contributed by atoms with E-state index in [9.17, 15) is 0 Å². The van der Waals surface area contributed by atoms with Crippen molar-refractivity contribution < 1.29 is 0 Å². The lowest BCUT2D eigenvalue weighted by Gasteiger charge is -1.93. The van der Waals surface area contributed by atoms with Gasteiger partial charge in [-0.05, 0) is 12.2 Å². The molecule has 0 radical (unpaired) electrons. The van der Waals surface area contributed by atoms with Gasteiger partial charge in [-0.15, -0.1) is 5.73 Å². The Morgan fingerprint density at radius 1 is 1.18 bits per heavy atom. The van der Waals surface area contributed by atoms with Crippen molar-refractivity contribution in [2.24, 2.45) is 0 Å². The van der Waals surface area contributed by atoms with Gasteiger partial charge in [0.15, 0.2) is 0 Å². The standard InChI is InChI=1S/C9H6N2/c1-2-4-8(3-1)9-5-10-7-11-6-9/h1-3,5-7H. The van der Waals surface area contributed by atoms with Crippen LogP contribution in [0.4, 0.5) is 0 Å². The Balaban J connectivity index is 2.46. The molecule has 1 aliphatic carbocycles. The second-order valence-corrected chi connectivity index (χ2v) is 2.21. The highest BCUT2D eigenvalue weighted by Gasteiger charge is 1.97. The van der Waals surface area contributed by atoms with Crippen LogP contribution in [0.25, 0.3) is 5.57 Å². The molecule has 1 aromatic rings. The largest absolute Gasteiger partial charge is 0.244 e. The highest BCUT2D eigenvalue weighted by molar-refractivity contribution is 5.75. The van der Waals surface area contributed by atoms with E-state index in [0.29, 0.717) is 0 Å². The molecule has 0 unspecified atom stereocenters. The van der Waals surface area contributed by atoms with Crippen molar-refractivity contribution in [3.05, 3.63) is 48.2 Å². The summed E-state index contributed by atoms with van der Waals surface area (Å²) in [5, 5.41) is 0. The third-order valence-electron chi connectivity index (χ3n) is 1.47. The zero-order chi connectivity index (χ0) is 7.52. The molecule has 1 aromatic heterocycles. The average molecular weight is 142 g/mol. The molecule has 0 saturated heterocycles. The summed E-state index contributed by atoms with van der Waals surface area (Å²) in [5.41, 5.74) is 5.13. The minimum atomic E-state index is 1.01. The summed E-state index contributed by atoms with van der Waals surface area (Å²) in [6.07, 6.45) is 10.9. The highest BCUT2D eigenvalue weighted by Crippen LogP contribution is 2.14. The number of rotatable bonds is 1. The topological polar surface area (TPSA) is 25.8 Å². The minimum Gasteiger partial charge on any atom is -0.244 e. The first kappa shape index (κ1) is 6.08. The Kier molecular flexibility index (Phi) is 1.39. The third kappa shape index (κ3) is 1.11. The predicted molar refractivity (Wildman–Crippen MR) is 42.7 cm³/mol.